The highest BCUT2D eigenvalue weighted by molar-refractivity contribution is 7.14. The summed E-state index contributed by atoms with van der Waals surface area (Å²) in [4.78, 5) is 37.7. The van der Waals surface area contributed by atoms with Crippen LogP contribution in [0.4, 0.5) is 5.00 Å². The second-order valence-electron chi connectivity index (χ2n) is 4.67. The van der Waals surface area contributed by atoms with Crippen molar-refractivity contribution in [3.63, 3.8) is 0 Å². The van der Waals surface area contributed by atoms with Crippen molar-refractivity contribution < 1.29 is 19.1 Å². The van der Waals surface area contributed by atoms with Gasteiger partial charge in [-0.2, -0.15) is 5.26 Å². The number of ketones is 1. The minimum atomic E-state index is -1.06. The Bertz CT molecular complexity index is 800. The number of thiophene rings is 1. The van der Waals surface area contributed by atoms with E-state index in [0.717, 1.165) is 0 Å². The summed E-state index contributed by atoms with van der Waals surface area (Å²) in [5.41, 5.74) is 0.785. The molecule has 2 rings (SSSR count). The smallest absolute Gasteiger partial charge is 0.355 e. The van der Waals surface area contributed by atoms with E-state index < -0.39 is 18.0 Å². The predicted octanol–water partition coefficient (Wildman–Crippen LogP) is 2.33. The normalized spacial score (nSPS) is 11.3. The van der Waals surface area contributed by atoms with Gasteiger partial charge in [-0.05, 0) is 31.4 Å². The van der Waals surface area contributed by atoms with Gasteiger partial charge in [-0.1, -0.05) is 0 Å². The SMILES string of the molecule is CC(=O)c1c[nH]c(C(=O)O[C@@H](C)C(=O)Nc2sccc2C#N)c1. The molecule has 0 bridgehead atoms. The van der Waals surface area contributed by atoms with E-state index in [1.165, 1.54) is 37.4 Å². The van der Waals surface area contributed by atoms with Crippen LogP contribution in [0.1, 0.15) is 40.3 Å². The number of carbonyl (C=O) groups excluding carboxylic acids is 3. The lowest BCUT2D eigenvalue weighted by atomic mass is 10.2. The van der Waals surface area contributed by atoms with E-state index in [0.29, 0.717) is 16.1 Å². The Balaban J connectivity index is 1.99. The fraction of sp³-hybridized carbons (Fsp3) is 0.200. The molecule has 0 aliphatic carbocycles. The van der Waals surface area contributed by atoms with Gasteiger partial charge in [-0.25, -0.2) is 4.79 Å². The number of carbonyl (C=O) groups is 3. The number of hydrogen-bond acceptors (Lipinski definition) is 6. The van der Waals surface area contributed by atoms with Gasteiger partial charge in [0.1, 0.15) is 16.8 Å². The standard InChI is InChI=1S/C15H13N3O4S/c1-8(19)11-5-12(17-7-11)15(21)22-9(2)13(20)18-14-10(6-16)3-4-23-14/h3-5,7,9,17H,1-2H3,(H,18,20)/t9-/m0/s1. The van der Waals surface area contributed by atoms with Gasteiger partial charge in [0, 0.05) is 11.8 Å². The van der Waals surface area contributed by atoms with Crippen LogP contribution in [-0.4, -0.2) is 28.7 Å². The molecule has 0 unspecified atom stereocenters. The number of H-pyrrole nitrogens is 1. The minimum absolute atomic E-state index is 0.0867. The van der Waals surface area contributed by atoms with Crippen LogP contribution in [-0.2, 0) is 9.53 Å². The molecule has 7 nitrogen and oxygen atoms in total. The number of rotatable bonds is 5. The fourth-order valence-corrected chi connectivity index (χ4v) is 2.44. The maximum absolute atomic E-state index is 12.0. The molecule has 1 atom stereocenters. The summed E-state index contributed by atoms with van der Waals surface area (Å²) >= 11 is 1.20. The van der Waals surface area contributed by atoms with Crippen LogP contribution in [0.25, 0.3) is 0 Å². The van der Waals surface area contributed by atoms with Crippen molar-refractivity contribution in [2.45, 2.75) is 20.0 Å². The summed E-state index contributed by atoms with van der Waals surface area (Å²) in [6, 6.07) is 4.90. The van der Waals surface area contributed by atoms with Crippen LogP contribution in [0.3, 0.4) is 0 Å². The van der Waals surface area contributed by atoms with Gasteiger partial charge in [0.05, 0.1) is 5.56 Å². The second-order valence-corrected chi connectivity index (χ2v) is 5.59. The molecule has 0 fully saturated rings. The highest BCUT2D eigenvalue weighted by Gasteiger charge is 2.21. The summed E-state index contributed by atoms with van der Waals surface area (Å²) in [6.45, 7) is 2.80. The van der Waals surface area contributed by atoms with Gasteiger partial charge in [-0.3, -0.25) is 9.59 Å². The van der Waals surface area contributed by atoms with Crippen LogP contribution >= 0.6 is 11.3 Å². The van der Waals surface area contributed by atoms with Crippen molar-refractivity contribution in [3.05, 3.63) is 40.5 Å². The lowest BCUT2D eigenvalue weighted by Crippen LogP contribution is -2.30. The van der Waals surface area contributed by atoms with Crippen molar-refractivity contribution in [2.24, 2.45) is 0 Å². The molecule has 118 valence electrons. The van der Waals surface area contributed by atoms with Gasteiger partial charge in [0.25, 0.3) is 5.91 Å². The zero-order valence-corrected chi connectivity index (χ0v) is 13.2. The zero-order valence-electron chi connectivity index (χ0n) is 12.4. The quantitative estimate of drug-likeness (QED) is 0.645. The van der Waals surface area contributed by atoms with E-state index in [1.54, 1.807) is 11.4 Å². The molecular formula is C15H13N3O4S. The van der Waals surface area contributed by atoms with Crippen molar-refractivity contribution >= 4 is 34.0 Å². The van der Waals surface area contributed by atoms with E-state index in [2.05, 4.69) is 10.3 Å². The molecule has 1 amide bonds. The molecular weight excluding hydrogens is 318 g/mol. The number of anilines is 1. The van der Waals surface area contributed by atoms with Gasteiger partial charge >= 0.3 is 5.97 Å². The van der Waals surface area contributed by atoms with E-state index in [1.807, 2.05) is 6.07 Å². The Morgan fingerprint density at radius 1 is 1.43 bits per heavy atom. The summed E-state index contributed by atoms with van der Waals surface area (Å²) in [5, 5.41) is 13.5. The molecule has 0 saturated heterocycles. The number of hydrogen-bond donors (Lipinski definition) is 2. The van der Waals surface area contributed by atoms with Gasteiger partial charge in [0.2, 0.25) is 0 Å². The number of amides is 1. The highest BCUT2D eigenvalue weighted by Crippen LogP contribution is 2.22. The van der Waals surface area contributed by atoms with Gasteiger partial charge < -0.3 is 15.0 Å². The zero-order chi connectivity index (χ0) is 17.0. The lowest BCUT2D eigenvalue weighted by molar-refractivity contribution is -0.123. The molecule has 2 N–H and O–H groups in total. The van der Waals surface area contributed by atoms with Crippen LogP contribution in [0.15, 0.2) is 23.7 Å². The third kappa shape index (κ3) is 3.84. The third-order valence-electron chi connectivity index (χ3n) is 2.98. The average molecular weight is 331 g/mol. The molecule has 0 aliphatic heterocycles. The molecule has 8 heteroatoms. The summed E-state index contributed by atoms with van der Waals surface area (Å²) < 4.78 is 5.04. The largest absolute Gasteiger partial charge is 0.448 e. The first kappa shape index (κ1) is 16.5. The molecule has 0 saturated carbocycles. The van der Waals surface area contributed by atoms with Crippen LogP contribution in [0.2, 0.25) is 0 Å². The number of nitrogens with one attached hydrogen (secondary N) is 2. The Morgan fingerprint density at radius 3 is 2.78 bits per heavy atom. The molecule has 2 aromatic rings. The lowest BCUT2D eigenvalue weighted by Gasteiger charge is -2.12. The van der Waals surface area contributed by atoms with Gasteiger partial charge in [-0.15, -0.1) is 11.3 Å². The summed E-state index contributed by atoms with van der Waals surface area (Å²) in [7, 11) is 0. The summed E-state index contributed by atoms with van der Waals surface area (Å²) in [5.74, 6) is -1.48. The molecule has 0 radical (unpaired) electrons. The molecule has 0 spiro atoms. The fourth-order valence-electron chi connectivity index (χ4n) is 1.70. The Morgan fingerprint density at radius 2 is 2.17 bits per heavy atom. The van der Waals surface area contributed by atoms with E-state index in [-0.39, 0.29) is 11.5 Å². The third-order valence-corrected chi connectivity index (χ3v) is 3.81. The van der Waals surface area contributed by atoms with Crippen LogP contribution < -0.4 is 5.32 Å². The topological polar surface area (TPSA) is 112 Å². The average Bonchev–Trinajstić information content (AvgIpc) is 3.15. The Labute approximate surface area is 135 Å². The first-order valence-electron chi connectivity index (χ1n) is 6.61. The maximum atomic E-state index is 12.0. The van der Waals surface area contributed by atoms with E-state index in [4.69, 9.17) is 10.00 Å². The van der Waals surface area contributed by atoms with Gasteiger partial charge in [0.15, 0.2) is 11.9 Å². The Kier molecular flexibility index (Phi) is 4.93. The maximum Gasteiger partial charge on any atom is 0.355 e. The number of nitriles is 1. The second kappa shape index (κ2) is 6.89. The van der Waals surface area contributed by atoms with Crippen molar-refractivity contribution in [2.75, 3.05) is 5.32 Å². The van der Waals surface area contributed by atoms with Crippen molar-refractivity contribution in [1.29, 1.82) is 5.26 Å². The molecule has 2 heterocycles. The number of aromatic amines is 1. The molecule has 0 aromatic carbocycles. The number of esters is 1. The monoisotopic (exact) mass is 331 g/mol. The first-order chi connectivity index (χ1) is 10.9. The molecule has 2 aromatic heterocycles. The predicted molar refractivity (Wildman–Crippen MR) is 83.3 cm³/mol. The first-order valence-corrected chi connectivity index (χ1v) is 7.49. The summed E-state index contributed by atoms with van der Waals surface area (Å²) in [6.07, 6.45) is 0.342. The van der Waals surface area contributed by atoms with E-state index >= 15 is 0 Å². The molecule has 23 heavy (non-hydrogen) atoms. The van der Waals surface area contributed by atoms with Crippen molar-refractivity contribution in [1.82, 2.24) is 4.98 Å². The van der Waals surface area contributed by atoms with Crippen LogP contribution in [0, 0.1) is 11.3 Å². The van der Waals surface area contributed by atoms with Crippen LogP contribution in [0.5, 0.6) is 0 Å². The number of ether oxygens (including phenoxy) is 1. The van der Waals surface area contributed by atoms with E-state index in [9.17, 15) is 14.4 Å². The number of aromatic nitrogens is 1. The Hall–Kier alpha value is -2.92. The minimum Gasteiger partial charge on any atom is -0.448 e. The molecule has 0 aliphatic rings. The highest BCUT2D eigenvalue weighted by atomic mass is 32.1. The van der Waals surface area contributed by atoms with Crippen molar-refractivity contribution in [3.8, 4) is 6.07 Å². The number of nitrogens with zero attached hydrogens (tertiary/aromatic N) is 1. The number of Topliss-reactive ketones (excluding diaryl/α,β-unsaturated/α-hetero) is 1.